The fraction of sp³-hybridized carbons (Fsp3) is 0.0556. The van der Waals surface area contributed by atoms with Crippen LogP contribution in [0.4, 0.5) is 0 Å². The lowest BCUT2D eigenvalue weighted by Gasteiger charge is -2.03. The first-order valence-corrected chi connectivity index (χ1v) is 7.47. The molecule has 96 valence electrons. The van der Waals surface area contributed by atoms with Crippen LogP contribution in [0, 0.1) is 6.92 Å². The summed E-state index contributed by atoms with van der Waals surface area (Å²) >= 11 is 1.76. The molecule has 2 aromatic carbocycles. The molecular formula is C18H13NS. The maximum Gasteiger partial charge on any atom is 0.124 e. The van der Waals surface area contributed by atoms with Crippen molar-refractivity contribution < 1.29 is 0 Å². The lowest BCUT2D eigenvalue weighted by Crippen LogP contribution is -1.79. The highest BCUT2D eigenvalue weighted by molar-refractivity contribution is 7.25. The summed E-state index contributed by atoms with van der Waals surface area (Å²) in [5, 5.41) is 2.55. The molecule has 4 rings (SSSR count). The number of pyridine rings is 1. The standard InChI is InChI=1S/C18H13NS/c1-12-4-2-5-13(10-12)14-7-8-17-16(11-14)15-6-3-9-19-18(15)20-17/h2-11H,1H3. The Kier molecular flexibility index (Phi) is 2.57. The molecule has 1 nitrogen and oxygen atoms in total. The molecule has 0 fully saturated rings. The molecule has 0 saturated carbocycles. The molecule has 0 atom stereocenters. The van der Waals surface area contributed by atoms with E-state index in [-0.39, 0.29) is 0 Å². The molecule has 0 radical (unpaired) electrons. The largest absolute Gasteiger partial charge is 0.245 e. The predicted molar refractivity (Wildman–Crippen MR) is 87.3 cm³/mol. The van der Waals surface area contributed by atoms with Gasteiger partial charge in [0.15, 0.2) is 0 Å². The van der Waals surface area contributed by atoms with Crippen molar-refractivity contribution in [1.29, 1.82) is 0 Å². The maximum absolute atomic E-state index is 4.45. The van der Waals surface area contributed by atoms with Gasteiger partial charge in [0, 0.05) is 21.7 Å². The first-order chi connectivity index (χ1) is 9.81. The molecule has 2 aromatic heterocycles. The zero-order chi connectivity index (χ0) is 13.5. The minimum absolute atomic E-state index is 1.11. The smallest absolute Gasteiger partial charge is 0.124 e. The van der Waals surface area contributed by atoms with Gasteiger partial charge in [-0.25, -0.2) is 4.98 Å². The molecular weight excluding hydrogens is 262 g/mol. The Bertz CT molecular complexity index is 921. The van der Waals surface area contributed by atoms with Crippen LogP contribution in [0.5, 0.6) is 0 Å². The number of rotatable bonds is 1. The van der Waals surface area contributed by atoms with Gasteiger partial charge in [-0.2, -0.15) is 0 Å². The van der Waals surface area contributed by atoms with Gasteiger partial charge in [-0.15, -0.1) is 11.3 Å². The molecule has 0 spiro atoms. The van der Waals surface area contributed by atoms with E-state index in [1.807, 2.05) is 12.3 Å². The van der Waals surface area contributed by atoms with Crippen LogP contribution in [0.15, 0.2) is 60.8 Å². The highest BCUT2D eigenvalue weighted by atomic mass is 32.1. The van der Waals surface area contributed by atoms with E-state index in [9.17, 15) is 0 Å². The zero-order valence-electron chi connectivity index (χ0n) is 11.1. The van der Waals surface area contributed by atoms with E-state index in [0.717, 1.165) is 4.83 Å². The molecule has 2 heteroatoms. The van der Waals surface area contributed by atoms with E-state index >= 15 is 0 Å². The van der Waals surface area contributed by atoms with Crippen molar-refractivity contribution in [3.63, 3.8) is 0 Å². The van der Waals surface area contributed by atoms with Crippen molar-refractivity contribution >= 4 is 31.6 Å². The highest BCUT2D eigenvalue weighted by Gasteiger charge is 2.07. The zero-order valence-corrected chi connectivity index (χ0v) is 11.9. The fourth-order valence-electron chi connectivity index (χ4n) is 2.61. The summed E-state index contributed by atoms with van der Waals surface area (Å²) in [6, 6.07) is 19.5. The Hall–Kier alpha value is -2.19. The number of nitrogens with zero attached hydrogens (tertiary/aromatic N) is 1. The number of aryl methyl sites for hydroxylation is 1. The second kappa shape index (κ2) is 4.43. The van der Waals surface area contributed by atoms with Gasteiger partial charge in [0.2, 0.25) is 0 Å². The average Bonchev–Trinajstić information content (AvgIpc) is 2.85. The third-order valence-electron chi connectivity index (χ3n) is 3.60. The van der Waals surface area contributed by atoms with Crippen molar-refractivity contribution in [2.24, 2.45) is 0 Å². The van der Waals surface area contributed by atoms with Gasteiger partial charge in [0.1, 0.15) is 4.83 Å². The molecule has 2 heterocycles. The SMILES string of the molecule is Cc1cccc(-c2ccc3sc4ncccc4c3c2)c1. The van der Waals surface area contributed by atoms with Gasteiger partial charge < -0.3 is 0 Å². The highest BCUT2D eigenvalue weighted by Crippen LogP contribution is 2.35. The Balaban J connectivity index is 2.00. The van der Waals surface area contributed by atoms with E-state index in [1.54, 1.807) is 11.3 Å². The van der Waals surface area contributed by atoms with Gasteiger partial charge in [0.25, 0.3) is 0 Å². The quantitative estimate of drug-likeness (QED) is 0.451. The summed E-state index contributed by atoms with van der Waals surface area (Å²) < 4.78 is 1.30. The number of hydrogen-bond acceptors (Lipinski definition) is 2. The summed E-state index contributed by atoms with van der Waals surface area (Å²) in [4.78, 5) is 5.57. The number of thiophene rings is 1. The van der Waals surface area contributed by atoms with E-state index in [0.29, 0.717) is 0 Å². The van der Waals surface area contributed by atoms with Gasteiger partial charge in [-0.05, 0) is 42.3 Å². The third-order valence-corrected chi connectivity index (χ3v) is 4.69. The molecule has 0 saturated heterocycles. The Morgan fingerprint density at radius 2 is 1.75 bits per heavy atom. The van der Waals surface area contributed by atoms with Gasteiger partial charge in [-0.1, -0.05) is 35.9 Å². The first kappa shape index (κ1) is 11.6. The summed E-state index contributed by atoms with van der Waals surface area (Å²) in [5.41, 5.74) is 3.83. The van der Waals surface area contributed by atoms with Gasteiger partial charge >= 0.3 is 0 Å². The first-order valence-electron chi connectivity index (χ1n) is 6.65. The Morgan fingerprint density at radius 3 is 2.65 bits per heavy atom. The average molecular weight is 275 g/mol. The molecule has 0 unspecified atom stereocenters. The predicted octanol–water partition coefficient (Wildman–Crippen LogP) is 5.42. The lowest BCUT2D eigenvalue weighted by atomic mass is 10.0. The topological polar surface area (TPSA) is 12.9 Å². The van der Waals surface area contributed by atoms with Crippen LogP contribution in [0.25, 0.3) is 31.4 Å². The monoisotopic (exact) mass is 275 g/mol. The second-order valence-electron chi connectivity index (χ2n) is 5.04. The summed E-state index contributed by atoms with van der Waals surface area (Å²) in [6.45, 7) is 2.13. The Labute approximate surface area is 121 Å². The second-order valence-corrected chi connectivity index (χ2v) is 6.07. The lowest BCUT2D eigenvalue weighted by molar-refractivity contribution is 1.45. The molecule has 0 N–H and O–H groups in total. The van der Waals surface area contributed by atoms with E-state index < -0.39 is 0 Å². The maximum atomic E-state index is 4.45. The Morgan fingerprint density at radius 1 is 0.850 bits per heavy atom. The molecule has 0 aliphatic carbocycles. The molecule has 0 bridgehead atoms. The van der Waals surface area contributed by atoms with Crippen LogP contribution in [0.2, 0.25) is 0 Å². The molecule has 0 aliphatic heterocycles. The van der Waals surface area contributed by atoms with E-state index in [2.05, 4.69) is 60.4 Å². The van der Waals surface area contributed by atoms with Crippen LogP contribution in [0.1, 0.15) is 5.56 Å². The number of benzene rings is 2. The van der Waals surface area contributed by atoms with Crippen molar-refractivity contribution in [2.45, 2.75) is 6.92 Å². The van der Waals surface area contributed by atoms with Gasteiger partial charge in [0.05, 0.1) is 0 Å². The summed E-state index contributed by atoms with van der Waals surface area (Å²) in [6.07, 6.45) is 1.86. The van der Waals surface area contributed by atoms with E-state index in [1.165, 1.54) is 32.2 Å². The van der Waals surface area contributed by atoms with E-state index in [4.69, 9.17) is 0 Å². The molecule has 20 heavy (non-hydrogen) atoms. The summed E-state index contributed by atoms with van der Waals surface area (Å²) in [7, 11) is 0. The van der Waals surface area contributed by atoms with Crippen LogP contribution >= 0.6 is 11.3 Å². The minimum Gasteiger partial charge on any atom is -0.245 e. The molecule has 4 aromatic rings. The van der Waals surface area contributed by atoms with Crippen molar-refractivity contribution in [3.8, 4) is 11.1 Å². The van der Waals surface area contributed by atoms with Crippen LogP contribution in [-0.2, 0) is 0 Å². The minimum atomic E-state index is 1.11. The van der Waals surface area contributed by atoms with Crippen LogP contribution in [-0.4, -0.2) is 4.98 Å². The summed E-state index contributed by atoms with van der Waals surface area (Å²) in [5.74, 6) is 0. The third kappa shape index (κ3) is 1.81. The number of aromatic nitrogens is 1. The van der Waals surface area contributed by atoms with Crippen LogP contribution < -0.4 is 0 Å². The number of fused-ring (bicyclic) bond motifs is 3. The fourth-order valence-corrected chi connectivity index (χ4v) is 3.64. The van der Waals surface area contributed by atoms with Crippen molar-refractivity contribution in [2.75, 3.05) is 0 Å². The molecule has 0 amide bonds. The normalized spacial score (nSPS) is 11.2. The van der Waals surface area contributed by atoms with Gasteiger partial charge in [-0.3, -0.25) is 0 Å². The molecule has 0 aliphatic rings. The van der Waals surface area contributed by atoms with Crippen molar-refractivity contribution in [1.82, 2.24) is 4.98 Å². The van der Waals surface area contributed by atoms with Crippen LogP contribution in [0.3, 0.4) is 0 Å². The number of hydrogen-bond donors (Lipinski definition) is 0. The van der Waals surface area contributed by atoms with Crippen molar-refractivity contribution in [3.05, 3.63) is 66.4 Å².